The molecule has 2 aliphatic rings. The van der Waals surface area contributed by atoms with Crippen molar-refractivity contribution < 1.29 is 32.8 Å². The number of rotatable bonds is 8. The predicted molar refractivity (Wildman–Crippen MR) is 137 cm³/mol. The van der Waals surface area contributed by atoms with E-state index in [-0.39, 0.29) is 28.3 Å². The molecule has 0 saturated carbocycles. The highest BCUT2D eigenvalue weighted by Crippen LogP contribution is 2.40. The number of ketones is 1. The molecule has 202 valence electrons. The highest BCUT2D eigenvalue weighted by molar-refractivity contribution is 7.89. The van der Waals surface area contributed by atoms with Crippen molar-refractivity contribution in [2.24, 2.45) is 0 Å². The molecule has 0 aromatic heterocycles. The number of sulfonamides is 1. The van der Waals surface area contributed by atoms with Crippen LogP contribution >= 0.6 is 0 Å². The Hall–Kier alpha value is -3.65. The predicted octanol–water partition coefficient (Wildman–Crippen LogP) is 1.60. The number of ether oxygens (including phenoxy) is 1. The van der Waals surface area contributed by atoms with E-state index in [0.717, 1.165) is 4.31 Å². The molecule has 4 rings (SSSR count). The summed E-state index contributed by atoms with van der Waals surface area (Å²) in [5.41, 5.74) is -0.0155. The molecule has 1 N–H and O–H groups in total. The van der Waals surface area contributed by atoms with Gasteiger partial charge in [0.05, 0.1) is 34.6 Å². The zero-order chi connectivity index (χ0) is 27.6. The fourth-order valence-corrected chi connectivity index (χ4v) is 5.39. The quantitative estimate of drug-likeness (QED) is 0.172. The van der Waals surface area contributed by atoms with Crippen LogP contribution in [0.4, 0.5) is 5.69 Å². The van der Waals surface area contributed by atoms with Crippen LogP contribution in [0.3, 0.4) is 0 Å². The lowest BCUT2D eigenvalue weighted by Gasteiger charge is -2.31. The van der Waals surface area contributed by atoms with Gasteiger partial charge in [0.15, 0.2) is 0 Å². The van der Waals surface area contributed by atoms with E-state index >= 15 is 0 Å². The molecule has 12 nitrogen and oxygen atoms in total. The molecule has 1 atom stereocenters. The summed E-state index contributed by atoms with van der Waals surface area (Å²) < 4.78 is 31.2. The van der Waals surface area contributed by atoms with Gasteiger partial charge < -0.3 is 14.7 Å². The molecule has 2 aliphatic heterocycles. The second-order valence-electron chi connectivity index (χ2n) is 9.11. The third-order valence-electron chi connectivity index (χ3n) is 6.60. The number of morpholine rings is 1. The normalized spacial score (nSPS) is 20.3. The number of benzene rings is 2. The maximum Gasteiger partial charge on any atom is 0.295 e. The van der Waals surface area contributed by atoms with E-state index in [1.807, 2.05) is 0 Å². The maximum absolute atomic E-state index is 13.2. The van der Waals surface area contributed by atoms with Crippen molar-refractivity contribution in [2.75, 3.05) is 53.5 Å². The summed E-state index contributed by atoms with van der Waals surface area (Å²) >= 11 is 0. The molecule has 2 aromatic rings. The average molecular weight is 545 g/mol. The zero-order valence-corrected chi connectivity index (χ0v) is 21.8. The van der Waals surface area contributed by atoms with Crippen molar-refractivity contribution in [3.8, 4) is 0 Å². The summed E-state index contributed by atoms with van der Waals surface area (Å²) in [6.45, 7) is 3.01. The van der Waals surface area contributed by atoms with Crippen LogP contribution in [0.1, 0.15) is 17.2 Å². The Balaban J connectivity index is 1.77. The van der Waals surface area contributed by atoms with Crippen LogP contribution in [-0.4, -0.2) is 97.7 Å². The van der Waals surface area contributed by atoms with Crippen LogP contribution in [0, 0.1) is 10.1 Å². The lowest BCUT2D eigenvalue weighted by molar-refractivity contribution is -0.384. The number of nitro groups is 1. The molecule has 0 spiro atoms. The minimum absolute atomic E-state index is 0.0137. The number of hydrogen-bond donors (Lipinski definition) is 1. The van der Waals surface area contributed by atoms with Crippen molar-refractivity contribution in [3.63, 3.8) is 0 Å². The highest BCUT2D eigenvalue weighted by atomic mass is 32.2. The summed E-state index contributed by atoms with van der Waals surface area (Å²) in [5, 5.41) is 22.6. The zero-order valence-electron chi connectivity index (χ0n) is 20.9. The number of nitro benzene ring substituents is 1. The van der Waals surface area contributed by atoms with E-state index < -0.39 is 38.4 Å². The van der Waals surface area contributed by atoms with E-state index in [1.54, 1.807) is 6.07 Å². The van der Waals surface area contributed by atoms with E-state index in [1.165, 1.54) is 61.5 Å². The molecular formula is C25H28N4O8S. The van der Waals surface area contributed by atoms with Crippen molar-refractivity contribution in [2.45, 2.75) is 10.9 Å². The Bertz CT molecular complexity index is 1380. The van der Waals surface area contributed by atoms with Crippen molar-refractivity contribution in [3.05, 3.63) is 75.3 Å². The van der Waals surface area contributed by atoms with Gasteiger partial charge in [-0.3, -0.25) is 24.6 Å². The number of carbonyl (C=O) groups is 2. The molecule has 13 heteroatoms. The summed E-state index contributed by atoms with van der Waals surface area (Å²) in [6.07, 6.45) is 0. The van der Waals surface area contributed by atoms with Gasteiger partial charge in [-0.05, 0) is 29.8 Å². The van der Waals surface area contributed by atoms with Crippen LogP contribution in [-0.2, 0) is 24.3 Å². The molecule has 1 amide bonds. The Morgan fingerprint density at radius 2 is 1.76 bits per heavy atom. The first-order valence-electron chi connectivity index (χ1n) is 11.9. The van der Waals surface area contributed by atoms with Gasteiger partial charge in [0, 0.05) is 58.0 Å². The van der Waals surface area contributed by atoms with E-state index in [4.69, 9.17) is 4.74 Å². The van der Waals surface area contributed by atoms with Crippen molar-refractivity contribution in [1.29, 1.82) is 0 Å². The SMILES string of the molecule is CN(C)S(=O)(=O)c1ccc(C(O)=C2C(=O)C(=O)N(CCN3CCOCC3)[C@H]2c2cccc([N+](=O)[O-])c2)cc1. The van der Waals surface area contributed by atoms with Crippen molar-refractivity contribution in [1.82, 2.24) is 14.1 Å². The summed E-state index contributed by atoms with van der Waals surface area (Å²) in [7, 11) is -0.943. The average Bonchev–Trinajstić information content (AvgIpc) is 3.17. The lowest BCUT2D eigenvalue weighted by atomic mass is 9.95. The molecule has 2 fully saturated rings. The Morgan fingerprint density at radius 3 is 2.37 bits per heavy atom. The van der Waals surface area contributed by atoms with E-state index in [2.05, 4.69) is 4.90 Å². The first-order chi connectivity index (χ1) is 18.0. The molecule has 0 aliphatic carbocycles. The molecule has 2 heterocycles. The van der Waals surface area contributed by atoms with Crippen LogP contribution in [0.15, 0.2) is 59.0 Å². The number of nitrogens with zero attached hydrogens (tertiary/aromatic N) is 4. The fraction of sp³-hybridized carbons (Fsp3) is 0.360. The fourth-order valence-electron chi connectivity index (χ4n) is 4.49. The largest absolute Gasteiger partial charge is 0.507 e. The minimum Gasteiger partial charge on any atom is -0.507 e. The maximum atomic E-state index is 13.2. The summed E-state index contributed by atoms with van der Waals surface area (Å²) in [5.74, 6) is -2.25. The topological polar surface area (TPSA) is 151 Å². The summed E-state index contributed by atoms with van der Waals surface area (Å²) in [6, 6.07) is 9.80. The third kappa shape index (κ3) is 5.31. The first-order valence-corrected chi connectivity index (χ1v) is 13.3. The number of likely N-dealkylation sites (tertiary alicyclic amines) is 1. The smallest absolute Gasteiger partial charge is 0.295 e. The van der Waals surface area contributed by atoms with E-state index in [9.17, 15) is 33.2 Å². The first kappa shape index (κ1) is 27.4. The van der Waals surface area contributed by atoms with Crippen LogP contribution in [0.25, 0.3) is 5.76 Å². The van der Waals surface area contributed by atoms with Gasteiger partial charge >= 0.3 is 0 Å². The van der Waals surface area contributed by atoms with Gasteiger partial charge in [-0.2, -0.15) is 0 Å². The minimum atomic E-state index is -3.72. The van der Waals surface area contributed by atoms with E-state index in [0.29, 0.717) is 38.4 Å². The van der Waals surface area contributed by atoms with Crippen LogP contribution < -0.4 is 0 Å². The molecular weight excluding hydrogens is 516 g/mol. The van der Waals surface area contributed by atoms with Gasteiger partial charge in [0.1, 0.15) is 5.76 Å². The molecule has 0 unspecified atom stereocenters. The molecule has 38 heavy (non-hydrogen) atoms. The number of Topliss-reactive ketones (excluding diaryl/α,β-unsaturated/α-hetero) is 1. The van der Waals surface area contributed by atoms with Crippen LogP contribution in [0.5, 0.6) is 0 Å². The lowest BCUT2D eigenvalue weighted by Crippen LogP contribution is -2.42. The number of aliphatic hydroxyl groups is 1. The van der Waals surface area contributed by atoms with Gasteiger partial charge in [-0.25, -0.2) is 12.7 Å². The third-order valence-corrected chi connectivity index (χ3v) is 8.43. The van der Waals surface area contributed by atoms with Gasteiger partial charge in [0.2, 0.25) is 10.0 Å². The number of carbonyl (C=O) groups excluding carboxylic acids is 2. The molecule has 2 aromatic carbocycles. The molecule has 2 saturated heterocycles. The van der Waals surface area contributed by atoms with Gasteiger partial charge in [-0.1, -0.05) is 12.1 Å². The van der Waals surface area contributed by atoms with Crippen molar-refractivity contribution >= 4 is 33.2 Å². The Morgan fingerprint density at radius 1 is 1.11 bits per heavy atom. The number of amides is 1. The second-order valence-corrected chi connectivity index (χ2v) is 11.3. The number of non-ortho nitro benzene ring substituents is 1. The highest BCUT2D eigenvalue weighted by Gasteiger charge is 2.46. The second kappa shape index (κ2) is 11.0. The Labute approximate surface area is 219 Å². The molecule has 0 bridgehead atoms. The molecule has 0 radical (unpaired) electrons. The summed E-state index contributed by atoms with van der Waals surface area (Å²) in [4.78, 5) is 40.6. The monoisotopic (exact) mass is 544 g/mol. The standard InChI is InChI=1S/C25H28N4O8S/c1-26(2)38(35,36)20-8-6-17(7-9-20)23(30)21-22(18-4-3-5-19(16-18)29(33)34)28(25(32)24(21)31)11-10-27-12-14-37-15-13-27/h3-9,16,22,30H,10-15H2,1-2H3/t22-/m0/s1. The number of hydrogen-bond acceptors (Lipinski definition) is 9. The van der Waals surface area contributed by atoms with Gasteiger partial charge in [0.25, 0.3) is 17.4 Å². The number of aliphatic hydroxyl groups excluding tert-OH is 1. The van der Waals surface area contributed by atoms with Crippen LogP contribution in [0.2, 0.25) is 0 Å². The Kier molecular flexibility index (Phi) is 7.92. The van der Waals surface area contributed by atoms with Gasteiger partial charge in [-0.15, -0.1) is 0 Å².